The van der Waals surface area contributed by atoms with Gasteiger partial charge in [0, 0.05) is 11.6 Å². The van der Waals surface area contributed by atoms with E-state index in [9.17, 15) is 37.8 Å². The number of nitrogens with zero attached hydrogens (tertiary/aromatic N) is 2. The number of hydrogen-bond donors (Lipinski definition) is 0. The zero-order chi connectivity index (χ0) is 15.7. The maximum absolute atomic E-state index is 12.8. The molecular weight excluding hydrogens is 292 g/mol. The van der Waals surface area contributed by atoms with Crippen molar-refractivity contribution in [2.75, 3.05) is 0 Å². The van der Waals surface area contributed by atoms with Gasteiger partial charge >= 0.3 is 23.9 Å². The average molecular weight is 298 g/mol. The Kier molecular flexibility index (Phi) is 4.11. The average Bonchev–Trinajstić information content (AvgIpc) is 2.27. The highest BCUT2D eigenvalue weighted by molar-refractivity contribution is 5.63. The third-order valence-electron chi connectivity index (χ3n) is 2.18. The summed E-state index contributed by atoms with van der Waals surface area (Å²) in [6.45, 7) is 1.09. The van der Waals surface area contributed by atoms with Gasteiger partial charge in [0.15, 0.2) is 0 Å². The SMILES string of the molecule is Cc1ccc([N+](=O)[O-])c(OC(F)(F)C(F)F)c1[N+](=O)[O-]. The van der Waals surface area contributed by atoms with Gasteiger partial charge in [-0.05, 0) is 13.0 Å². The maximum atomic E-state index is 12.8. The summed E-state index contributed by atoms with van der Waals surface area (Å²) in [5.41, 5.74) is -2.62. The Hall–Kier alpha value is -2.46. The van der Waals surface area contributed by atoms with Gasteiger partial charge in [-0.1, -0.05) is 0 Å². The van der Waals surface area contributed by atoms with E-state index in [-0.39, 0.29) is 5.56 Å². The molecule has 0 amide bonds. The van der Waals surface area contributed by atoms with Crippen molar-refractivity contribution in [2.24, 2.45) is 0 Å². The first kappa shape index (κ1) is 15.6. The van der Waals surface area contributed by atoms with Crippen LogP contribution >= 0.6 is 0 Å². The van der Waals surface area contributed by atoms with Gasteiger partial charge in [0.2, 0.25) is 0 Å². The molecule has 1 aromatic carbocycles. The molecular formula is C9H6F4N2O5. The van der Waals surface area contributed by atoms with Crippen LogP contribution < -0.4 is 4.74 Å². The van der Waals surface area contributed by atoms with Crippen LogP contribution in [0.5, 0.6) is 5.75 Å². The van der Waals surface area contributed by atoms with Crippen LogP contribution in [-0.4, -0.2) is 22.4 Å². The summed E-state index contributed by atoms with van der Waals surface area (Å²) in [6.07, 6.45) is -9.40. The highest BCUT2D eigenvalue weighted by Crippen LogP contribution is 2.42. The standard InChI is InChI=1S/C9H6F4N2O5/c1-4-2-3-5(14(16)17)7(6(4)15(18)19)20-9(12,13)8(10)11/h2-3,8H,1H3. The Balaban J connectivity index is 3.52. The maximum Gasteiger partial charge on any atom is 0.461 e. The van der Waals surface area contributed by atoms with Crippen LogP contribution in [0.1, 0.15) is 5.56 Å². The number of rotatable bonds is 5. The Morgan fingerprint density at radius 2 is 1.75 bits per heavy atom. The molecule has 0 radical (unpaired) electrons. The van der Waals surface area contributed by atoms with Crippen molar-refractivity contribution in [1.29, 1.82) is 0 Å². The molecule has 110 valence electrons. The van der Waals surface area contributed by atoms with E-state index in [0.29, 0.717) is 6.07 Å². The van der Waals surface area contributed by atoms with Gasteiger partial charge in [-0.15, -0.1) is 0 Å². The van der Waals surface area contributed by atoms with Gasteiger partial charge in [-0.3, -0.25) is 20.2 Å². The Bertz CT molecular complexity index is 564. The molecule has 0 saturated carbocycles. The second kappa shape index (κ2) is 5.27. The lowest BCUT2D eigenvalue weighted by atomic mass is 10.1. The number of nitro benzene ring substituents is 2. The summed E-state index contributed by atoms with van der Waals surface area (Å²) in [5, 5.41) is 21.4. The molecule has 0 fully saturated rings. The monoisotopic (exact) mass is 298 g/mol. The lowest BCUT2D eigenvalue weighted by Crippen LogP contribution is -2.34. The fourth-order valence-electron chi connectivity index (χ4n) is 1.31. The van der Waals surface area contributed by atoms with Gasteiger partial charge in [0.05, 0.1) is 9.85 Å². The molecule has 20 heavy (non-hydrogen) atoms. The smallest absolute Gasteiger partial charge is 0.414 e. The summed E-state index contributed by atoms with van der Waals surface area (Å²) in [5.74, 6) is -1.51. The van der Waals surface area contributed by atoms with Crippen LogP contribution in [0.25, 0.3) is 0 Å². The molecule has 0 saturated heterocycles. The normalized spacial score (nSPS) is 11.5. The molecule has 0 aliphatic rings. The van der Waals surface area contributed by atoms with Gasteiger partial charge < -0.3 is 4.74 Å². The molecule has 0 aromatic heterocycles. The topological polar surface area (TPSA) is 95.5 Å². The summed E-state index contributed by atoms with van der Waals surface area (Å²) < 4.78 is 53.3. The second-order valence-corrected chi connectivity index (χ2v) is 3.56. The van der Waals surface area contributed by atoms with Crippen molar-refractivity contribution in [3.05, 3.63) is 37.9 Å². The quantitative estimate of drug-likeness (QED) is 0.473. The van der Waals surface area contributed by atoms with Crippen LogP contribution in [0.2, 0.25) is 0 Å². The molecule has 1 aromatic rings. The highest BCUT2D eigenvalue weighted by atomic mass is 19.3. The first-order valence-corrected chi connectivity index (χ1v) is 4.85. The number of nitro groups is 2. The van der Waals surface area contributed by atoms with Crippen LogP contribution in [-0.2, 0) is 0 Å². The number of ether oxygens (including phenoxy) is 1. The third-order valence-corrected chi connectivity index (χ3v) is 2.18. The summed E-state index contributed by atoms with van der Waals surface area (Å²) >= 11 is 0. The predicted octanol–water partition coefficient (Wildman–Crippen LogP) is 3.05. The van der Waals surface area contributed by atoms with E-state index in [4.69, 9.17) is 0 Å². The Labute approximate surface area is 108 Å². The van der Waals surface area contributed by atoms with Crippen LogP contribution in [0.4, 0.5) is 28.9 Å². The van der Waals surface area contributed by atoms with E-state index in [1.807, 2.05) is 0 Å². The van der Waals surface area contributed by atoms with E-state index < -0.39 is 39.5 Å². The largest absolute Gasteiger partial charge is 0.461 e. The van der Waals surface area contributed by atoms with E-state index in [2.05, 4.69) is 4.74 Å². The lowest BCUT2D eigenvalue weighted by Gasteiger charge is -2.16. The molecule has 0 aliphatic heterocycles. The third kappa shape index (κ3) is 2.92. The number of alkyl halides is 4. The number of benzene rings is 1. The molecule has 0 atom stereocenters. The van der Waals surface area contributed by atoms with Crippen molar-refractivity contribution in [2.45, 2.75) is 19.5 Å². The van der Waals surface area contributed by atoms with E-state index in [0.717, 1.165) is 13.0 Å². The van der Waals surface area contributed by atoms with Crippen LogP contribution in [0, 0.1) is 27.2 Å². The lowest BCUT2D eigenvalue weighted by molar-refractivity contribution is -0.399. The minimum Gasteiger partial charge on any atom is -0.414 e. The zero-order valence-corrected chi connectivity index (χ0v) is 9.68. The van der Waals surface area contributed by atoms with Crippen molar-refractivity contribution in [3.8, 4) is 5.75 Å². The Morgan fingerprint density at radius 1 is 1.20 bits per heavy atom. The number of aryl methyl sites for hydroxylation is 1. The van der Waals surface area contributed by atoms with Crippen LogP contribution in [0.15, 0.2) is 12.1 Å². The fourth-order valence-corrected chi connectivity index (χ4v) is 1.31. The van der Waals surface area contributed by atoms with Gasteiger partial charge in [0.25, 0.3) is 5.75 Å². The minimum absolute atomic E-state index is 0.249. The minimum atomic E-state index is -5.09. The second-order valence-electron chi connectivity index (χ2n) is 3.56. The molecule has 0 spiro atoms. The number of hydrogen-bond acceptors (Lipinski definition) is 5. The molecule has 0 unspecified atom stereocenters. The van der Waals surface area contributed by atoms with Gasteiger partial charge in [-0.25, -0.2) is 0 Å². The predicted molar refractivity (Wildman–Crippen MR) is 56.1 cm³/mol. The van der Waals surface area contributed by atoms with Gasteiger partial charge in [0.1, 0.15) is 0 Å². The van der Waals surface area contributed by atoms with E-state index >= 15 is 0 Å². The molecule has 0 bridgehead atoms. The highest BCUT2D eigenvalue weighted by Gasteiger charge is 2.47. The van der Waals surface area contributed by atoms with Crippen molar-refractivity contribution in [3.63, 3.8) is 0 Å². The van der Waals surface area contributed by atoms with Gasteiger partial charge in [-0.2, -0.15) is 17.6 Å². The summed E-state index contributed by atoms with van der Waals surface area (Å²) in [7, 11) is 0. The van der Waals surface area contributed by atoms with E-state index in [1.165, 1.54) is 0 Å². The summed E-state index contributed by atoms with van der Waals surface area (Å²) in [4.78, 5) is 18.9. The molecule has 0 heterocycles. The first-order valence-electron chi connectivity index (χ1n) is 4.85. The Morgan fingerprint density at radius 3 is 2.15 bits per heavy atom. The first-order chi connectivity index (χ1) is 9.08. The zero-order valence-electron chi connectivity index (χ0n) is 9.68. The van der Waals surface area contributed by atoms with Crippen molar-refractivity contribution < 1.29 is 32.1 Å². The van der Waals surface area contributed by atoms with Crippen molar-refractivity contribution >= 4 is 11.4 Å². The van der Waals surface area contributed by atoms with Crippen molar-refractivity contribution in [1.82, 2.24) is 0 Å². The van der Waals surface area contributed by atoms with E-state index in [1.54, 1.807) is 0 Å². The number of halogens is 4. The molecule has 0 aliphatic carbocycles. The molecule has 11 heteroatoms. The fraction of sp³-hybridized carbons (Fsp3) is 0.333. The molecule has 7 nitrogen and oxygen atoms in total. The van der Waals surface area contributed by atoms with Crippen LogP contribution in [0.3, 0.4) is 0 Å². The molecule has 0 N–H and O–H groups in total. The molecule has 1 rings (SSSR count). The summed E-state index contributed by atoms with van der Waals surface area (Å²) in [6, 6.07) is 1.57.